The molecule has 5 amide bonds. The number of carbonyl (C=O) groups excluding carboxylic acids is 10. The number of rotatable bonds is 16. The van der Waals surface area contributed by atoms with E-state index in [0.717, 1.165) is 33.3 Å². The summed E-state index contributed by atoms with van der Waals surface area (Å²) in [5.41, 5.74) is 11.9. The Balaban J connectivity index is 1.87. The number of phenolic OH excluding ortho intramolecular Hbond substituents is 1. The molecule has 2 saturated heterocycles. The van der Waals surface area contributed by atoms with Crippen LogP contribution in [-0.4, -0.2) is 163 Å². The van der Waals surface area contributed by atoms with Gasteiger partial charge in [-0.1, -0.05) is 64.1 Å². The van der Waals surface area contributed by atoms with E-state index in [9.17, 15) is 82.8 Å². The molecule has 0 aliphatic carbocycles. The standard InChI is InChI=1S/C52H66N8O17S3/c53-52(54)55-14-4-7-30-18-42(65)38-25-79-80-26-39(59-50(76)32(21-46(70)71)17-35(62)23-56-48(30)74)43(66)19-31(15-28-5-2-1-3-6-28)49(75)58-37(40(63)12-13-45(68)69)24-78-27-44(67)57-36(16-29-8-10-34(61)11-9-29)41(64)20-33(22-47(72)73)51(77)60-38/h1-3,5-6,8-11,30-33,36-39,61H,4,7,12-27H2,(H,56,74)(H,57,67)(H,58,75)(H,59,76)(H,60,77)(H,68,69)(H,70,71)(H,72,73)(H4,53,54,55)/t30-,31-,32+,33+,36-,37+,38+,39+/m1/s1. The molecule has 0 spiro atoms. The summed E-state index contributed by atoms with van der Waals surface area (Å²) in [6, 6.07) is 8.01. The maximum atomic E-state index is 14.6. The SMILES string of the molecule is NC(N)=NCCC[C@@H]1CC(=O)[C@@H]2CSSC[C@H](NC(=O)[C@H](CC(=O)O)CC(=O)CNC1=O)C(=O)C[C@@H](Cc1ccccc1)C(=O)N[C@H](C(=O)CCC(=O)O)CSCC(=O)N[C@H](Cc1ccc(O)cc1)C(=O)C[C@@H](CC(=O)O)C(=O)N2. The van der Waals surface area contributed by atoms with Crippen LogP contribution in [0, 0.1) is 23.7 Å². The molecule has 2 aliphatic rings. The molecule has 0 aromatic heterocycles. The zero-order valence-corrected chi connectivity index (χ0v) is 45.9. The van der Waals surface area contributed by atoms with Gasteiger partial charge in [-0.2, -0.15) is 0 Å². The van der Waals surface area contributed by atoms with Crippen LogP contribution in [0.3, 0.4) is 0 Å². The number of hydrogen-bond donors (Lipinski definition) is 11. The van der Waals surface area contributed by atoms with E-state index in [1.165, 1.54) is 24.3 Å². The molecule has 80 heavy (non-hydrogen) atoms. The number of hydrogen-bond acceptors (Lipinski definition) is 18. The number of guanidine groups is 1. The van der Waals surface area contributed by atoms with Gasteiger partial charge >= 0.3 is 17.9 Å². The highest BCUT2D eigenvalue weighted by atomic mass is 33.1. The molecule has 0 radical (unpaired) electrons. The number of nitrogens with one attached hydrogen (secondary N) is 5. The number of Topliss-reactive ketones (excluding diaryl/α,β-unsaturated/α-hetero) is 5. The molecule has 28 heteroatoms. The Labute approximate surface area is 471 Å². The van der Waals surface area contributed by atoms with E-state index in [1.54, 1.807) is 30.3 Å². The van der Waals surface area contributed by atoms with Gasteiger partial charge in [0.1, 0.15) is 5.75 Å². The number of amides is 5. The molecule has 2 bridgehead atoms. The minimum Gasteiger partial charge on any atom is -0.508 e. The summed E-state index contributed by atoms with van der Waals surface area (Å²) in [7, 11) is 1.78. The number of carboxylic acids is 3. The molecule has 4 rings (SSSR count). The van der Waals surface area contributed by atoms with Crippen LogP contribution in [0.4, 0.5) is 0 Å². The van der Waals surface area contributed by atoms with Crippen LogP contribution in [-0.2, 0) is 75.2 Å². The van der Waals surface area contributed by atoms with Crippen molar-refractivity contribution < 1.29 is 82.8 Å². The average molecular weight is 1170 g/mol. The number of benzene rings is 2. The van der Waals surface area contributed by atoms with Gasteiger partial charge < -0.3 is 58.5 Å². The normalized spacial score (nSPS) is 24.1. The monoisotopic (exact) mass is 1170 g/mol. The minimum atomic E-state index is -1.67. The van der Waals surface area contributed by atoms with E-state index in [2.05, 4.69) is 31.6 Å². The molecule has 2 aromatic carbocycles. The first-order valence-corrected chi connectivity index (χ1v) is 29.1. The lowest BCUT2D eigenvalue weighted by Gasteiger charge is -2.25. The van der Waals surface area contributed by atoms with Gasteiger partial charge in [-0.3, -0.25) is 67.3 Å². The maximum Gasteiger partial charge on any atom is 0.304 e. The number of ketones is 5. The molecule has 25 nitrogen and oxygen atoms in total. The third-order valence-electron chi connectivity index (χ3n) is 12.8. The predicted octanol–water partition coefficient (Wildman–Crippen LogP) is 0.113. The lowest BCUT2D eigenvalue weighted by molar-refractivity contribution is -0.143. The fourth-order valence-electron chi connectivity index (χ4n) is 8.57. The first-order valence-electron chi connectivity index (χ1n) is 25.4. The summed E-state index contributed by atoms with van der Waals surface area (Å²) < 4.78 is 0. The van der Waals surface area contributed by atoms with Gasteiger partial charge in [0.05, 0.1) is 67.6 Å². The zero-order chi connectivity index (χ0) is 58.9. The van der Waals surface area contributed by atoms with Crippen molar-refractivity contribution in [2.24, 2.45) is 40.1 Å². The quantitative estimate of drug-likeness (QED) is 0.0460. The highest BCUT2D eigenvalue weighted by Crippen LogP contribution is 2.28. The number of aliphatic imine (C=N–C) groups is 1. The van der Waals surface area contributed by atoms with Crippen LogP contribution in [0.25, 0.3) is 0 Å². The third-order valence-corrected chi connectivity index (χ3v) is 16.3. The number of thioether (sulfide) groups is 1. The van der Waals surface area contributed by atoms with Gasteiger partial charge in [-0.25, -0.2) is 0 Å². The second-order valence-electron chi connectivity index (χ2n) is 19.2. The molecule has 0 saturated carbocycles. The molecule has 2 heterocycles. The molecule has 2 aliphatic heterocycles. The van der Waals surface area contributed by atoms with Gasteiger partial charge in [0, 0.05) is 67.7 Å². The average Bonchev–Trinajstić information content (AvgIpc) is 3.39. The number of phenols is 1. The lowest BCUT2D eigenvalue weighted by atomic mass is 9.90. The summed E-state index contributed by atoms with van der Waals surface area (Å²) in [5.74, 6) is -20.4. The van der Waals surface area contributed by atoms with Gasteiger partial charge in [-0.15, -0.1) is 11.8 Å². The Kier molecular flexibility index (Phi) is 27.1. The number of fused-ring (bicyclic) bond motifs is 5. The first kappa shape index (κ1) is 65.2. The van der Waals surface area contributed by atoms with E-state index in [4.69, 9.17) is 11.5 Å². The summed E-state index contributed by atoms with van der Waals surface area (Å²) in [5, 5.41) is 51.9. The van der Waals surface area contributed by atoms with Crippen molar-refractivity contribution in [3.05, 3.63) is 65.7 Å². The molecular formula is C52H66N8O17S3. The van der Waals surface area contributed by atoms with E-state index < -0.39 is 188 Å². The fraction of sp³-hybridized carbons (Fsp3) is 0.500. The largest absolute Gasteiger partial charge is 0.508 e. The van der Waals surface area contributed by atoms with Crippen molar-refractivity contribution in [3.63, 3.8) is 0 Å². The molecular weight excluding hydrogens is 1100 g/mol. The molecule has 2 fully saturated rings. The summed E-state index contributed by atoms with van der Waals surface area (Å²) in [4.78, 5) is 181. The lowest BCUT2D eigenvalue weighted by Crippen LogP contribution is -2.49. The molecule has 13 N–H and O–H groups in total. The van der Waals surface area contributed by atoms with Crippen LogP contribution in [0.15, 0.2) is 59.6 Å². The van der Waals surface area contributed by atoms with Crippen molar-refractivity contribution in [2.75, 3.05) is 36.1 Å². The number of carboxylic acid groups (broad SMARTS) is 3. The van der Waals surface area contributed by atoms with Crippen LogP contribution in [0.1, 0.15) is 75.3 Å². The van der Waals surface area contributed by atoms with Crippen molar-refractivity contribution in [3.8, 4) is 5.75 Å². The number of carbonyl (C=O) groups is 13. The number of aromatic hydroxyl groups is 1. The summed E-state index contributed by atoms with van der Waals surface area (Å²) in [6.07, 6.45) is -5.99. The Morgan fingerprint density at radius 2 is 1.14 bits per heavy atom. The van der Waals surface area contributed by atoms with Crippen LogP contribution < -0.4 is 38.1 Å². The smallest absolute Gasteiger partial charge is 0.304 e. The maximum absolute atomic E-state index is 14.6. The van der Waals surface area contributed by atoms with Crippen molar-refractivity contribution in [1.82, 2.24) is 26.6 Å². The zero-order valence-electron chi connectivity index (χ0n) is 43.5. The van der Waals surface area contributed by atoms with Crippen LogP contribution in [0.5, 0.6) is 5.75 Å². The van der Waals surface area contributed by atoms with Crippen LogP contribution in [0.2, 0.25) is 0 Å². The highest BCUT2D eigenvalue weighted by molar-refractivity contribution is 8.76. The number of aliphatic carboxylic acids is 3. The van der Waals surface area contributed by atoms with Crippen molar-refractivity contribution in [2.45, 2.75) is 101 Å². The van der Waals surface area contributed by atoms with Gasteiger partial charge in [0.2, 0.25) is 29.5 Å². The predicted molar refractivity (Wildman–Crippen MR) is 294 cm³/mol. The Hall–Kier alpha value is -7.33. The van der Waals surface area contributed by atoms with Gasteiger partial charge in [0.15, 0.2) is 34.9 Å². The molecule has 2 aromatic rings. The van der Waals surface area contributed by atoms with Crippen molar-refractivity contribution in [1.29, 1.82) is 0 Å². The first-order chi connectivity index (χ1) is 38.0. The molecule has 8 atom stereocenters. The highest BCUT2D eigenvalue weighted by Gasteiger charge is 2.37. The third kappa shape index (κ3) is 23.6. The summed E-state index contributed by atoms with van der Waals surface area (Å²) in [6.45, 7) is -0.717. The van der Waals surface area contributed by atoms with E-state index in [1.807, 2.05) is 0 Å². The Morgan fingerprint density at radius 3 is 1.71 bits per heavy atom. The van der Waals surface area contributed by atoms with Gasteiger partial charge in [0.25, 0.3) is 0 Å². The second-order valence-corrected chi connectivity index (χ2v) is 22.8. The fourth-order valence-corrected chi connectivity index (χ4v) is 11.9. The number of nitrogens with two attached hydrogens (primary N) is 2. The van der Waals surface area contributed by atoms with Crippen molar-refractivity contribution >= 4 is 116 Å². The van der Waals surface area contributed by atoms with Crippen LogP contribution >= 0.6 is 33.3 Å². The van der Waals surface area contributed by atoms with E-state index in [0.29, 0.717) is 11.1 Å². The number of nitrogens with zero attached hydrogens (tertiary/aromatic N) is 1. The van der Waals surface area contributed by atoms with E-state index in [-0.39, 0.29) is 61.2 Å². The topological polar surface area (TPSA) is 427 Å². The van der Waals surface area contributed by atoms with Gasteiger partial charge in [-0.05, 0) is 48.9 Å². The Bertz CT molecular complexity index is 2620. The molecule has 434 valence electrons. The molecule has 0 unspecified atom stereocenters. The van der Waals surface area contributed by atoms with E-state index >= 15 is 0 Å². The second kappa shape index (κ2) is 33.3. The minimum absolute atomic E-state index is 0.0160. The summed E-state index contributed by atoms with van der Waals surface area (Å²) >= 11 is 0.816. The Morgan fingerprint density at radius 1 is 0.588 bits per heavy atom.